The number of ether oxygens (including phenoxy) is 6. The number of carbonyl (C=O) groups is 4. The Bertz CT molecular complexity index is 3540. The zero-order chi connectivity index (χ0) is 68.0. The minimum atomic E-state index is -3.95. The van der Waals surface area contributed by atoms with Crippen molar-refractivity contribution in [1.29, 1.82) is 0 Å². The normalized spacial score (nSPS) is 33.9. The highest BCUT2D eigenvalue weighted by Crippen LogP contribution is 2.70. The van der Waals surface area contributed by atoms with Crippen molar-refractivity contribution in [3.63, 3.8) is 0 Å². The van der Waals surface area contributed by atoms with E-state index in [-0.39, 0.29) is 78.0 Å². The van der Waals surface area contributed by atoms with Crippen molar-refractivity contribution in [1.82, 2.24) is 9.97 Å². The molecular weight excluding hydrogens is 1200 g/mol. The molecule has 3 N–H and O–H groups in total. The SMILES string of the molecule is CC(=O)O[C@H]1CC2[C@](C)(CC[C@H](OC(=O)C(C)C)[C@@]2(C)COC(=O)C(C)C)C2[C@@H](O)c3c(cc(-c4cccnc4)oc3=O)O[C@@]21C.CC(=O)O[C@H]1CC2[C@](C)(CC[C@H](O[Si](F)(C(C)(C)C)C(C)(C)C)[C@@]2(C)CO)C2[C@@H](O)c3c(cc(-c4cccnc4)oc3=O)O[C@@]21C. The summed E-state index contributed by atoms with van der Waals surface area (Å²) >= 11 is 0. The van der Waals surface area contributed by atoms with Crippen LogP contribution in [0, 0.1) is 57.2 Å². The summed E-state index contributed by atoms with van der Waals surface area (Å²) in [4.78, 5) is 86.1. The summed E-state index contributed by atoms with van der Waals surface area (Å²) in [5.41, 5.74) is -6.27. The third-order valence-corrected chi connectivity index (χ3v) is 26.4. The number of halogens is 1. The average molecular weight is 1300 g/mol. The third-order valence-electron chi connectivity index (χ3n) is 22.0. The third kappa shape index (κ3) is 11.8. The maximum Gasteiger partial charge on any atom is 0.394 e. The van der Waals surface area contributed by atoms with E-state index in [0.717, 1.165) is 0 Å². The molecule has 2 aliphatic heterocycles. The van der Waals surface area contributed by atoms with E-state index < -0.39 is 141 Å². The van der Waals surface area contributed by atoms with Gasteiger partial charge in [0.2, 0.25) is 0 Å². The number of nitrogens with zero attached hydrogens (tertiary/aromatic N) is 2. The largest absolute Gasteiger partial charge is 0.482 e. The lowest BCUT2D eigenvalue weighted by atomic mass is 9.42. The number of carbonyl (C=O) groups excluding carboxylic acids is 4. The van der Waals surface area contributed by atoms with E-state index in [1.54, 1.807) is 95.8 Å². The molecule has 0 bridgehead atoms. The van der Waals surface area contributed by atoms with Crippen LogP contribution in [0.4, 0.5) is 4.11 Å². The van der Waals surface area contributed by atoms with Gasteiger partial charge in [-0.1, -0.05) is 96.9 Å². The second kappa shape index (κ2) is 24.8. The highest BCUT2D eigenvalue weighted by molar-refractivity contribution is 6.72. The quantitative estimate of drug-likeness (QED) is 0.0514. The first-order chi connectivity index (χ1) is 42.7. The first kappa shape index (κ1) is 70.0. The Morgan fingerprint density at radius 3 is 1.42 bits per heavy atom. The molecule has 0 radical (unpaired) electrons. The van der Waals surface area contributed by atoms with Crippen LogP contribution < -0.4 is 20.7 Å². The van der Waals surface area contributed by atoms with Gasteiger partial charge in [-0.15, -0.1) is 0 Å². The van der Waals surface area contributed by atoms with Gasteiger partial charge in [0.15, 0.2) is 0 Å². The molecule has 4 aromatic heterocycles. The molecule has 0 spiro atoms. The van der Waals surface area contributed by atoms with Crippen molar-refractivity contribution in [3.05, 3.63) is 93.2 Å². The molecule has 6 aliphatic rings. The lowest BCUT2D eigenvalue weighted by Crippen LogP contribution is -2.72. The molecule has 0 aromatic carbocycles. The summed E-state index contributed by atoms with van der Waals surface area (Å²) in [6.07, 6.45) is 3.05. The van der Waals surface area contributed by atoms with Crippen LogP contribution in [0.1, 0.15) is 186 Å². The number of aliphatic hydroxyl groups is 3. The topological polar surface area (TPSA) is 280 Å². The van der Waals surface area contributed by atoms with Crippen LogP contribution >= 0.6 is 0 Å². The van der Waals surface area contributed by atoms with Crippen molar-refractivity contribution in [2.75, 3.05) is 13.2 Å². The molecule has 16 atom stereocenters. The smallest absolute Gasteiger partial charge is 0.394 e. The number of hydrogen-bond donors (Lipinski definition) is 3. The van der Waals surface area contributed by atoms with Gasteiger partial charge in [-0.25, -0.2) is 9.59 Å². The van der Waals surface area contributed by atoms with E-state index in [1.807, 2.05) is 76.2 Å². The molecule has 6 heterocycles. The van der Waals surface area contributed by atoms with Gasteiger partial charge in [0, 0.05) is 94.6 Å². The van der Waals surface area contributed by atoms with Gasteiger partial charge in [0.05, 0.1) is 36.8 Å². The van der Waals surface area contributed by atoms with Gasteiger partial charge in [-0.2, -0.15) is 0 Å². The van der Waals surface area contributed by atoms with Crippen LogP contribution in [0.5, 0.6) is 11.5 Å². The van der Waals surface area contributed by atoms with Crippen molar-refractivity contribution >= 4 is 32.5 Å². The second-order valence-corrected chi connectivity index (χ2v) is 35.3. The monoisotopic (exact) mass is 1300 g/mol. The summed E-state index contributed by atoms with van der Waals surface area (Å²) in [5, 5.41) is 34.1. The molecule has 10 rings (SSSR count). The maximum atomic E-state index is 17.3. The Morgan fingerprint density at radius 2 is 1.05 bits per heavy atom. The molecule has 0 amide bonds. The molecule has 4 fully saturated rings. The molecule has 22 heteroatoms. The van der Waals surface area contributed by atoms with E-state index in [2.05, 4.69) is 9.97 Å². The molecule has 92 heavy (non-hydrogen) atoms. The molecule has 4 aromatic rings. The van der Waals surface area contributed by atoms with E-state index in [1.165, 1.54) is 13.8 Å². The van der Waals surface area contributed by atoms with Crippen LogP contribution in [0.3, 0.4) is 0 Å². The average Bonchev–Trinajstić information content (AvgIpc) is 0.691. The zero-order valence-electron chi connectivity index (χ0n) is 56.6. The van der Waals surface area contributed by atoms with E-state index in [4.69, 9.17) is 41.7 Å². The number of pyridine rings is 2. The van der Waals surface area contributed by atoms with Crippen LogP contribution in [-0.2, 0) is 42.6 Å². The minimum Gasteiger partial charge on any atom is -0.482 e. The van der Waals surface area contributed by atoms with Gasteiger partial charge in [0.1, 0.15) is 70.3 Å². The van der Waals surface area contributed by atoms with Crippen LogP contribution in [0.25, 0.3) is 22.6 Å². The maximum absolute atomic E-state index is 17.3. The zero-order valence-corrected chi connectivity index (χ0v) is 57.6. The van der Waals surface area contributed by atoms with Crippen molar-refractivity contribution in [2.45, 2.75) is 221 Å². The number of hydrogen-bond acceptors (Lipinski definition) is 20. The molecule has 20 nitrogen and oxygen atoms in total. The fourth-order valence-corrected chi connectivity index (χ4v) is 21.3. The summed E-state index contributed by atoms with van der Waals surface area (Å²) in [7, 11) is -3.95. The van der Waals surface area contributed by atoms with Gasteiger partial charge < -0.3 is 57.0 Å². The minimum absolute atomic E-state index is 0.00159. The fourth-order valence-electron chi connectivity index (χ4n) is 17.5. The molecular formula is C70H95FN2O18Si. The second-order valence-electron chi connectivity index (χ2n) is 30.8. The standard InChI is InChI=1S/C35H50FNO8Si.C35H45NO10/c1-20(39)42-26-17-24-33(8,14-13-25(34(24,9)19-38)45-46(36,31(2,3)4)32(5,6)7)29-28(40)27-23(44-35(26,29)10)16-22(43-30(27)41)21-12-11-15-37-18-21;1-18(2)30(39)42-17-34(7)24-15-26(43-20(5)37)35(8)29(33(24,6)12-11-25(34)45-31(40)19(3)4)28(38)27-23(46-35)14-22(44-32(27)41)21-10-9-13-36-16-21/h11-12,15-16,18,24-26,28-29,38,40H,13-14,17,19H2,1-10H3;9-10,13-14,16,18-19,24-26,28-29,38H,11-12,15,17H2,1-8H3/t2*24?,25-,26-,28-,29?,33-,34-,35+/m00/s1. The van der Waals surface area contributed by atoms with Crippen molar-refractivity contribution in [3.8, 4) is 34.1 Å². The lowest BCUT2D eigenvalue weighted by Gasteiger charge is -2.67. The predicted molar refractivity (Wildman–Crippen MR) is 338 cm³/mol. The van der Waals surface area contributed by atoms with Crippen LogP contribution in [0.2, 0.25) is 10.1 Å². The predicted octanol–water partition coefficient (Wildman–Crippen LogP) is 11.7. The Kier molecular flexibility index (Phi) is 18.8. The number of fused-ring (bicyclic) bond motifs is 8. The summed E-state index contributed by atoms with van der Waals surface area (Å²) < 4.78 is 72.6. The molecule has 4 aliphatic carbocycles. The Balaban J connectivity index is 0.000000217. The van der Waals surface area contributed by atoms with E-state index in [9.17, 15) is 44.1 Å². The molecule has 0 saturated heterocycles. The summed E-state index contributed by atoms with van der Waals surface area (Å²) in [6.45, 7) is 32.0. The Morgan fingerprint density at radius 1 is 0.641 bits per heavy atom. The highest BCUT2D eigenvalue weighted by atomic mass is 28.4. The molecule has 504 valence electrons. The molecule has 4 saturated carbocycles. The van der Waals surface area contributed by atoms with Crippen LogP contribution in [-0.4, -0.2) is 107 Å². The number of esters is 4. The number of aromatic nitrogens is 2. The number of aliphatic hydroxyl groups excluding tert-OH is 3. The fraction of sp³-hybridized carbons (Fsp3) is 0.657. The molecule has 4 unspecified atom stereocenters. The Hall–Kier alpha value is -6.33. The lowest BCUT2D eigenvalue weighted by molar-refractivity contribution is -0.271. The van der Waals surface area contributed by atoms with Gasteiger partial charge in [-0.05, 0) is 99.3 Å². The van der Waals surface area contributed by atoms with Gasteiger partial charge in [-0.3, -0.25) is 33.3 Å². The van der Waals surface area contributed by atoms with Gasteiger partial charge in [0.25, 0.3) is 0 Å². The first-order valence-electron chi connectivity index (χ1n) is 32.3. The summed E-state index contributed by atoms with van der Waals surface area (Å²) in [6, 6.07) is 10.1. The summed E-state index contributed by atoms with van der Waals surface area (Å²) in [5.74, 6) is -4.11. The van der Waals surface area contributed by atoms with Crippen LogP contribution in [0.15, 0.2) is 79.6 Å². The van der Waals surface area contributed by atoms with Crippen molar-refractivity contribution < 1.29 is 80.3 Å². The van der Waals surface area contributed by atoms with Gasteiger partial charge >= 0.3 is 43.8 Å². The first-order valence-corrected chi connectivity index (χ1v) is 34.1. The van der Waals surface area contributed by atoms with E-state index in [0.29, 0.717) is 36.8 Å². The number of rotatable bonds is 12. The highest BCUT2D eigenvalue weighted by Gasteiger charge is 2.73. The Labute approximate surface area is 539 Å². The van der Waals surface area contributed by atoms with E-state index >= 15 is 4.11 Å². The van der Waals surface area contributed by atoms with Crippen molar-refractivity contribution in [2.24, 2.45) is 57.2 Å².